The van der Waals surface area contributed by atoms with Crippen molar-refractivity contribution in [3.05, 3.63) is 75.5 Å². The Balaban J connectivity index is 1.65. The SMILES string of the molecule is COc1ccc(Nc2nnc(-c3nn(-c4ccc(Cl)cc4)c(C)cc3=O)o2)cc1. The number of aryl methyl sites for hydroxylation is 1. The predicted molar refractivity (Wildman–Crippen MR) is 109 cm³/mol. The summed E-state index contributed by atoms with van der Waals surface area (Å²) in [7, 11) is 1.60. The Bertz CT molecular complexity index is 1200. The van der Waals surface area contributed by atoms with E-state index >= 15 is 0 Å². The molecule has 0 saturated carbocycles. The van der Waals surface area contributed by atoms with E-state index in [9.17, 15) is 4.79 Å². The number of nitrogens with zero attached hydrogens (tertiary/aromatic N) is 4. The summed E-state index contributed by atoms with van der Waals surface area (Å²) < 4.78 is 12.3. The number of ether oxygens (including phenoxy) is 1. The van der Waals surface area contributed by atoms with Gasteiger partial charge in [0, 0.05) is 22.5 Å². The van der Waals surface area contributed by atoms with Gasteiger partial charge in [-0.05, 0) is 55.5 Å². The number of halogens is 1. The molecule has 146 valence electrons. The summed E-state index contributed by atoms with van der Waals surface area (Å²) in [5.74, 6) is 0.752. The predicted octanol–water partition coefficient (Wildman–Crippen LogP) is 4.00. The number of anilines is 2. The van der Waals surface area contributed by atoms with Gasteiger partial charge >= 0.3 is 6.01 Å². The second kappa shape index (κ2) is 7.76. The van der Waals surface area contributed by atoms with Crippen LogP contribution in [0.15, 0.2) is 63.8 Å². The van der Waals surface area contributed by atoms with E-state index < -0.39 is 0 Å². The Morgan fingerprint density at radius 1 is 1.07 bits per heavy atom. The number of benzene rings is 2. The van der Waals surface area contributed by atoms with Gasteiger partial charge in [0.15, 0.2) is 5.69 Å². The maximum absolute atomic E-state index is 12.5. The third-order valence-electron chi connectivity index (χ3n) is 4.15. The number of aromatic nitrogens is 4. The first kappa shape index (κ1) is 18.7. The summed E-state index contributed by atoms with van der Waals surface area (Å²) in [6, 6.07) is 15.9. The van der Waals surface area contributed by atoms with Crippen molar-refractivity contribution in [3.63, 3.8) is 0 Å². The second-order valence-corrected chi connectivity index (χ2v) is 6.59. The van der Waals surface area contributed by atoms with Crippen LogP contribution in [-0.4, -0.2) is 27.1 Å². The summed E-state index contributed by atoms with van der Waals surface area (Å²) in [5.41, 5.74) is 1.89. The molecule has 8 nitrogen and oxygen atoms in total. The normalized spacial score (nSPS) is 10.7. The van der Waals surface area contributed by atoms with Gasteiger partial charge in [-0.15, -0.1) is 5.10 Å². The lowest BCUT2D eigenvalue weighted by molar-refractivity contribution is 0.415. The van der Waals surface area contributed by atoms with Crippen molar-refractivity contribution in [2.45, 2.75) is 6.92 Å². The standard InChI is InChI=1S/C20H16ClN5O3/c1-12-11-17(27)18(25-26(12)15-7-3-13(21)4-8-15)19-23-24-20(29-19)22-14-5-9-16(28-2)10-6-14/h3-11H,1-2H3,(H,22,24). The molecular formula is C20H16ClN5O3. The molecule has 0 aliphatic rings. The number of rotatable bonds is 5. The average molecular weight is 410 g/mol. The molecule has 0 atom stereocenters. The van der Waals surface area contributed by atoms with E-state index in [4.69, 9.17) is 20.8 Å². The Labute approximate surface area is 170 Å². The van der Waals surface area contributed by atoms with Crippen molar-refractivity contribution in [2.75, 3.05) is 12.4 Å². The van der Waals surface area contributed by atoms with Gasteiger partial charge in [-0.25, -0.2) is 4.68 Å². The third-order valence-corrected chi connectivity index (χ3v) is 4.40. The molecule has 9 heteroatoms. The highest BCUT2D eigenvalue weighted by atomic mass is 35.5. The molecular weight excluding hydrogens is 394 g/mol. The van der Waals surface area contributed by atoms with Crippen LogP contribution in [0.3, 0.4) is 0 Å². The second-order valence-electron chi connectivity index (χ2n) is 6.15. The van der Waals surface area contributed by atoms with E-state index in [2.05, 4.69) is 20.6 Å². The summed E-state index contributed by atoms with van der Waals surface area (Å²) in [6.45, 7) is 1.79. The van der Waals surface area contributed by atoms with Gasteiger partial charge in [0.1, 0.15) is 5.75 Å². The first-order valence-electron chi connectivity index (χ1n) is 8.65. The van der Waals surface area contributed by atoms with Crippen molar-refractivity contribution in [1.29, 1.82) is 0 Å². The zero-order valence-electron chi connectivity index (χ0n) is 15.6. The summed E-state index contributed by atoms with van der Waals surface area (Å²) in [6.07, 6.45) is 0. The molecule has 0 unspecified atom stereocenters. The third kappa shape index (κ3) is 3.97. The molecule has 2 aromatic heterocycles. The van der Waals surface area contributed by atoms with Gasteiger partial charge in [-0.2, -0.15) is 5.10 Å². The molecule has 4 rings (SSSR count). The van der Waals surface area contributed by atoms with Crippen LogP contribution < -0.4 is 15.5 Å². The lowest BCUT2D eigenvalue weighted by atomic mass is 10.3. The Hall–Kier alpha value is -3.65. The molecule has 0 aliphatic heterocycles. The topological polar surface area (TPSA) is 95.1 Å². The Morgan fingerprint density at radius 3 is 2.48 bits per heavy atom. The highest BCUT2D eigenvalue weighted by Crippen LogP contribution is 2.22. The van der Waals surface area contributed by atoms with Crippen molar-refractivity contribution >= 4 is 23.3 Å². The Kier molecular flexibility index (Phi) is 5.01. The van der Waals surface area contributed by atoms with Gasteiger partial charge in [0.2, 0.25) is 5.43 Å². The minimum Gasteiger partial charge on any atom is -0.497 e. The van der Waals surface area contributed by atoms with Crippen LogP contribution in [0.5, 0.6) is 5.75 Å². The summed E-state index contributed by atoms with van der Waals surface area (Å²) in [5, 5.41) is 15.9. The quantitative estimate of drug-likeness (QED) is 0.532. The van der Waals surface area contributed by atoms with E-state index in [0.29, 0.717) is 10.7 Å². The van der Waals surface area contributed by atoms with Crippen LogP contribution in [0.4, 0.5) is 11.7 Å². The number of methoxy groups -OCH3 is 1. The molecule has 29 heavy (non-hydrogen) atoms. The highest BCUT2D eigenvalue weighted by molar-refractivity contribution is 6.30. The van der Waals surface area contributed by atoms with E-state index in [-0.39, 0.29) is 23.0 Å². The zero-order valence-corrected chi connectivity index (χ0v) is 16.3. The van der Waals surface area contributed by atoms with Crippen LogP contribution in [-0.2, 0) is 0 Å². The molecule has 0 saturated heterocycles. The fourth-order valence-corrected chi connectivity index (χ4v) is 2.83. The van der Waals surface area contributed by atoms with Crippen LogP contribution in [0.25, 0.3) is 17.3 Å². The maximum Gasteiger partial charge on any atom is 0.320 e. The fourth-order valence-electron chi connectivity index (χ4n) is 2.71. The maximum atomic E-state index is 12.5. The molecule has 1 N–H and O–H groups in total. The minimum atomic E-state index is -0.313. The molecule has 2 heterocycles. The molecule has 0 fully saturated rings. The molecule has 0 bridgehead atoms. The number of nitrogens with one attached hydrogen (secondary N) is 1. The van der Waals surface area contributed by atoms with Crippen LogP contribution in [0.2, 0.25) is 5.02 Å². The fraction of sp³-hybridized carbons (Fsp3) is 0.100. The number of hydrogen-bond acceptors (Lipinski definition) is 7. The first-order chi connectivity index (χ1) is 14.0. The van der Waals surface area contributed by atoms with Crippen LogP contribution in [0, 0.1) is 6.92 Å². The highest BCUT2D eigenvalue weighted by Gasteiger charge is 2.16. The van der Waals surface area contributed by atoms with E-state index in [1.54, 1.807) is 67.2 Å². The van der Waals surface area contributed by atoms with Crippen LogP contribution in [0.1, 0.15) is 5.69 Å². The van der Waals surface area contributed by atoms with Crippen molar-refractivity contribution in [2.24, 2.45) is 0 Å². The minimum absolute atomic E-state index is 0.0220. The van der Waals surface area contributed by atoms with Crippen molar-refractivity contribution < 1.29 is 9.15 Å². The molecule has 4 aromatic rings. The molecule has 0 spiro atoms. The van der Waals surface area contributed by atoms with Crippen molar-refractivity contribution in [3.8, 4) is 23.0 Å². The Morgan fingerprint density at radius 2 is 1.79 bits per heavy atom. The van der Waals surface area contributed by atoms with E-state index in [0.717, 1.165) is 17.1 Å². The monoisotopic (exact) mass is 409 g/mol. The smallest absolute Gasteiger partial charge is 0.320 e. The lowest BCUT2D eigenvalue weighted by Crippen LogP contribution is -2.16. The molecule has 2 aromatic carbocycles. The van der Waals surface area contributed by atoms with Gasteiger partial charge in [-0.3, -0.25) is 4.79 Å². The van der Waals surface area contributed by atoms with Gasteiger partial charge in [0.05, 0.1) is 12.8 Å². The average Bonchev–Trinajstić information content (AvgIpc) is 3.18. The zero-order chi connectivity index (χ0) is 20.4. The largest absolute Gasteiger partial charge is 0.497 e. The van der Waals surface area contributed by atoms with Crippen molar-refractivity contribution in [1.82, 2.24) is 20.0 Å². The van der Waals surface area contributed by atoms with Gasteiger partial charge in [0.25, 0.3) is 5.89 Å². The summed E-state index contributed by atoms with van der Waals surface area (Å²) >= 11 is 5.95. The van der Waals surface area contributed by atoms with Crippen LogP contribution >= 0.6 is 11.6 Å². The van der Waals surface area contributed by atoms with Gasteiger partial charge in [-0.1, -0.05) is 16.7 Å². The summed E-state index contributed by atoms with van der Waals surface area (Å²) in [4.78, 5) is 12.5. The van der Waals surface area contributed by atoms with E-state index in [1.807, 2.05) is 0 Å². The number of hydrogen-bond donors (Lipinski definition) is 1. The van der Waals surface area contributed by atoms with Gasteiger partial charge < -0.3 is 14.5 Å². The lowest BCUT2D eigenvalue weighted by Gasteiger charge is -2.10. The van der Waals surface area contributed by atoms with E-state index in [1.165, 1.54) is 6.07 Å². The molecule has 0 aliphatic carbocycles. The molecule has 0 radical (unpaired) electrons. The molecule has 0 amide bonds. The first-order valence-corrected chi connectivity index (χ1v) is 9.03.